The minimum atomic E-state index is -0.266. The van der Waals surface area contributed by atoms with Crippen molar-refractivity contribution < 1.29 is 4.79 Å². The summed E-state index contributed by atoms with van der Waals surface area (Å²) in [4.78, 5) is 14.2. The van der Waals surface area contributed by atoms with Gasteiger partial charge in [0.25, 0.3) is 5.91 Å². The fraction of sp³-hybridized carbons (Fsp3) is 0.636. The van der Waals surface area contributed by atoms with Gasteiger partial charge in [0, 0.05) is 25.3 Å². The van der Waals surface area contributed by atoms with E-state index in [4.69, 9.17) is 0 Å². The number of hydrogen-bond donors (Lipinski definition) is 1. The van der Waals surface area contributed by atoms with E-state index < -0.39 is 0 Å². The Morgan fingerprint density at radius 2 is 1.69 bits per heavy atom. The molecule has 4 aliphatic rings. The molecule has 4 saturated carbocycles. The molecule has 0 aromatic rings. The van der Waals surface area contributed by atoms with Crippen molar-refractivity contribution in [3.8, 4) is 6.07 Å². The molecule has 1 atom stereocenters. The Morgan fingerprint density at radius 1 is 1.19 bits per heavy atom. The van der Waals surface area contributed by atoms with Gasteiger partial charge in [-0.3, -0.25) is 4.79 Å². The third kappa shape index (κ3) is 3.58. The van der Waals surface area contributed by atoms with Crippen LogP contribution in [0, 0.1) is 34.5 Å². The molecule has 4 bridgehead atoms. The van der Waals surface area contributed by atoms with Crippen molar-refractivity contribution in [2.45, 2.75) is 51.5 Å². The molecule has 0 saturated heterocycles. The standard InChI is InChI=1S/C22H31N3O/c1-4-6-25(7-5-2)21(26)20(14-23)15-24-16(3)22-11-17-8-18(12-22)10-19(9-17)13-22/h4-5,15-19,24H,1-2,6-13H2,3H3/b20-15-. The Kier molecular flexibility index (Phi) is 5.55. The van der Waals surface area contributed by atoms with Crippen LogP contribution in [-0.4, -0.2) is 29.9 Å². The molecular formula is C22H31N3O. The summed E-state index contributed by atoms with van der Waals surface area (Å²) in [6.07, 6.45) is 13.1. The molecule has 1 N–H and O–H groups in total. The summed E-state index contributed by atoms with van der Waals surface area (Å²) in [5.41, 5.74) is 0.502. The van der Waals surface area contributed by atoms with Crippen molar-refractivity contribution in [2.75, 3.05) is 13.1 Å². The van der Waals surface area contributed by atoms with E-state index in [1.54, 1.807) is 23.3 Å². The van der Waals surface area contributed by atoms with Crippen LogP contribution in [-0.2, 0) is 4.79 Å². The summed E-state index contributed by atoms with van der Waals surface area (Å²) in [7, 11) is 0. The molecule has 4 heteroatoms. The molecule has 140 valence electrons. The van der Waals surface area contributed by atoms with Gasteiger partial charge in [-0.15, -0.1) is 13.2 Å². The molecule has 0 aromatic heterocycles. The Balaban J connectivity index is 1.69. The van der Waals surface area contributed by atoms with Crippen LogP contribution in [0.25, 0.3) is 0 Å². The zero-order chi connectivity index (χ0) is 18.7. The van der Waals surface area contributed by atoms with Crippen molar-refractivity contribution in [3.05, 3.63) is 37.1 Å². The van der Waals surface area contributed by atoms with Crippen LogP contribution in [0.1, 0.15) is 45.4 Å². The van der Waals surface area contributed by atoms with Crippen LogP contribution in [0.4, 0.5) is 0 Å². The molecule has 4 rings (SSSR count). The zero-order valence-electron chi connectivity index (χ0n) is 15.9. The average Bonchev–Trinajstić information content (AvgIpc) is 2.60. The number of nitrogens with one attached hydrogen (secondary N) is 1. The third-order valence-corrected chi connectivity index (χ3v) is 6.82. The normalized spacial score (nSPS) is 33.2. The van der Waals surface area contributed by atoms with Gasteiger partial charge < -0.3 is 10.2 Å². The van der Waals surface area contributed by atoms with E-state index >= 15 is 0 Å². The Labute approximate surface area is 157 Å². The monoisotopic (exact) mass is 353 g/mol. The van der Waals surface area contributed by atoms with Crippen molar-refractivity contribution >= 4 is 5.91 Å². The molecule has 1 amide bonds. The van der Waals surface area contributed by atoms with Gasteiger partial charge in [0.1, 0.15) is 11.6 Å². The second kappa shape index (κ2) is 7.70. The van der Waals surface area contributed by atoms with E-state index in [2.05, 4.69) is 31.5 Å². The summed E-state index contributed by atoms with van der Waals surface area (Å²) in [5, 5.41) is 12.9. The van der Waals surface area contributed by atoms with Gasteiger partial charge in [-0.05, 0) is 68.6 Å². The summed E-state index contributed by atoms with van der Waals surface area (Å²) >= 11 is 0. The highest BCUT2D eigenvalue weighted by atomic mass is 16.2. The Bertz CT molecular complexity index is 597. The quantitative estimate of drug-likeness (QED) is 0.410. The van der Waals surface area contributed by atoms with Crippen LogP contribution in [0.5, 0.6) is 0 Å². The molecular weight excluding hydrogens is 322 g/mol. The van der Waals surface area contributed by atoms with E-state index in [1.807, 2.05) is 0 Å². The summed E-state index contributed by atoms with van der Waals surface area (Å²) in [6, 6.07) is 2.36. The predicted octanol–water partition coefficient (Wildman–Crippen LogP) is 3.79. The van der Waals surface area contributed by atoms with Crippen molar-refractivity contribution in [2.24, 2.45) is 23.2 Å². The van der Waals surface area contributed by atoms with E-state index in [9.17, 15) is 10.1 Å². The lowest BCUT2D eigenvalue weighted by Gasteiger charge is -2.59. The molecule has 0 radical (unpaired) electrons. The molecule has 4 fully saturated rings. The molecule has 0 aromatic carbocycles. The third-order valence-electron chi connectivity index (χ3n) is 6.82. The summed E-state index contributed by atoms with van der Waals surface area (Å²) < 4.78 is 0. The van der Waals surface area contributed by atoms with E-state index in [-0.39, 0.29) is 11.5 Å². The van der Waals surface area contributed by atoms with Crippen LogP contribution in [0.15, 0.2) is 37.1 Å². The van der Waals surface area contributed by atoms with Crippen LogP contribution in [0.2, 0.25) is 0 Å². The molecule has 0 aliphatic heterocycles. The zero-order valence-corrected chi connectivity index (χ0v) is 15.9. The van der Waals surface area contributed by atoms with Crippen molar-refractivity contribution in [1.82, 2.24) is 10.2 Å². The topological polar surface area (TPSA) is 56.1 Å². The lowest BCUT2D eigenvalue weighted by molar-refractivity contribution is -0.125. The van der Waals surface area contributed by atoms with Gasteiger partial charge >= 0.3 is 0 Å². The summed E-state index contributed by atoms with van der Waals surface area (Å²) in [5.74, 6) is 2.41. The van der Waals surface area contributed by atoms with Gasteiger partial charge in [0.05, 0.1) is 0 Å². The first-order valence-corrected chi connectivity index (χ1v) is 9.88. The highest BCUT2D eigenvalue weighted by Crippen LogP contribution is 2.61. The first-order valence-electron chi connectivity index (χ1n) is 9.88. The number of rotatable bonds is 8. The number of nitrogens with zero attached hydrogens (tertiary/aromatic N) is 2. The Hall–Kier alpha value is -2.02. The van der Waals surface area contributed by atoms with E-state index in [0.717, 1.165) is 17.8 Å². The first kappa shape index (κ1) is 18.8. The SMILES string of the molecule is C=CCN(CC=C)C(=O)/C(C#N)=C\NC(C)C12CC3CC(CC(C3)C1)C2. The minimum Gasteiger partial charge on any atom is -0.387 e. The lowest BCUT2D eigenvalue weighted by atomic mass is 9.48. The van der Waals surface area contributed by atoms with Crippen LogP contribution in [0.3, 0.4) is 0 Å². The maximum Gasteiger partial charge on any atom is 0.266 e. The number of nitriles is 1. The van der Waals surface area contributed by atoms with Crippen molar-refractivity contribution in [3.63, 3.8) is 0 Å². The van der Waals surface area contributed by atoms with Crippen molar-refractivity contribution in [1.29, 1.82) is 5.26 Å². The molecule has 1 unspecified atom stereocenters. The first-order chi connectivity index (χ1) is 12.5. The van der Waals surface area contributed by atoms with E-state index in [1.165, 1.54) is 38.5 Å². The smallest absolute Gasteiger partial charge is 0.266 e. The molecule has 4 aliphatic carbocycles. The van der Waals surface area contributed by atoms with E-state index in [0.29, 0.717) is 24.5 Å². The second-order valence-corrected chi connectivity index (χ2v) is 8.63. The van der Waals surface area contributed by atoms with Crippen LogP contribution < -0.4 is 5.32 Å². The fourth-order valence-electron chi connectivity index (χ4n) is 5.96. The second-order valence-electron chi connectivity index (χ2n) is 8.63. The predicted molar refractivity (Wildman–Crippen MR) is 104 cm³/mol. The number of carbonyl (C=O) groups is 1. The maximum atomic E-state index is 12.6. The molecule has 0 spiro atoms. The van der Waals surface area contributed by atoms with Gasteiger partial charge in [-0.1, -0.05) is 12.2 Å². The Morgan fingerprint density at radius 3 is 2.12 bits per heavy atom. The highest BCUT2D eigenvalue weighted by Gasteiger charge is 2.53. The van der Waals surface area contributed by atoms with Gasteiger partial charge in [0.2, 0.25) is 0 Å². The van der Waals surface area contributed by atoms with Gasteiger partial charge in [-0.2, -0.15) is 5.26 Å². The minimum absolute atomic E-state index is 0.158. The molecule has 4 nitrogen and oxygen atoms in total. The highest BCUT2D eigenvalue weighted by molar-refractivity contribution is 5.97. The van der Waals surface area contributed by atoms with Gasteiger partial charge in [0.15, 0.2) is 0 Å². The van der Waals surface area contributed by atoms with Gasteiger partial charge in [-0.25, -0.2) is 0 Å². The fourth-order valence-corrected chi connectivity index (χ4v) is 5.96. The van der Waals surface area contributed by atoms with Crippen LogP contribution >= 0.6 is 0 Å². The summed E-state index contributed by atoms with van der Waals surface area (Å²) in [6.45, 7) is 10.4. The number of carbonyl (C=O) groups excluding carboxylic acids is 1. The largest absolute Gasteiger partial charge is 0.387 e. The number of amides is 1. The molecule has 26 heavy (non-hydrogen) atoms. The number of hydrogen-bond acceptors (Lipinski definition) is 3. The molecule has 0 heterocycles. The average molecular weight is 354 g/mol. The maximum absolute atomic E-state index is 12.6. The lowest BCUT2D eigenvalue weighted by Crippen LogP contribution is -2.54.